The molecule has 7 saturated heterocycles. The van der Waals surface area contributed by atoms with E-state index >= 15 is 0 Å². The van der Waals surface area contributed by atoms with Crippen molar-refractivity contribution < 1.29 is 37.9 Å². The molecule has 92 heavy (non-hydrogen) atoms. The minimum Gasteiger partial charge on any atom is -0.381 e. The van der Waals surface area contributed by atoms with Crippen LogP contribution in [-0.2, 0) is 37.9 Å². The van der Waals surface area contributed by atoms with Gasteiger partial charge >= 0.3 is 0 Å². The Balaban J connectivity index is 0.000000518. The predicted octanol–water partition coefficient (Wildman–Crippen LogP) is 25.0. The van der Waals surface area contributed by atoms with Crippen molar-refractivity contribution in [2.24, 2.45) is 78.3 Å². The molecule has 0 N–H and O–H groups in total. The number of hydrogen-bond donors (Lipinski definition) is 0. The Kier molecular flexibility index (Phi) is 43.6. The van der Waals surface area contributed by atoms with E-state index in [0.29, 0.717) is 67.0 Å². The average molecular weight is 1310 g/mol. The molecule has 7 aliphatic heterocycles. The minimum absolute atomic E-state index is 0.0451. The molecule has 4 unspecified atom stereocenters. The summed E-state index contributed by atoms with van der Waals surface area (Å²) in [4.78, 5) is 0. The third-order valence-corrected chi connectivity index (χ3v) is 18.0. The van der Waals surface area contributed by atoms with Crippen molar-refractivity contribution in [2.75, 3.05) is 72.7 Å². The van der Waals surface area contributed by atoms with Gasteiger partial charge in [0.05, 0.1) is 44.7 Å². The summed E-state index contributed by atoms with van der Waals surface area (Å²) in [6.07, 6.45) is 38.9. The van der Waals surface area contributed by atoms with Crippen molar-refractivity contribution in [3.63, 3.8) is 0 Å². The van der Waals surface area contributed by atoms with Gasteiger partial charge in [0.25, 0.3) is 0 Å². The lowest BCUT2D eigenvalue weighted by atomic mass is 9.74. The Morgan fingerprint density at radius 1 is 0.196 bits per heavy atom. The molecule has 9 fully saturated rings. The summed E-state index contributed by atoms with van der Waals surface area (Å²) in [5, 5.41) is 0. The van der Waals surface area contributed by atoms with Gasteiger partial charge in [-0.1, -0.05) is 232 Å². The summed E-state index contributed by atoms with van der Waals surface area (Å²) >= 11 is 0. The van der Waals surface area contributed by atoms with E-state index in [1.807, 2.05) is 0 Å². The van der Waals surface area contributed by atoms with E-state index in [9.17, 15) is 0 Å². The van der Waals surface area contributed by atoms with E-state index in [1.54, 1.807) is 0 Å². The van der Waals surface area contributed by atoms with Gasteiger partial charge in [-0.2, -0.15) is 0 Å². The molecule has 7 heterocycles. The maximum atomic E-state index is 5.65. The molecule has 0 radical (unpaired) electrons. The maximum absolute atomic E-state index is 5.65. The Morgan fingerprint density at radius 3 is 0.761 bits per heavy atom. The van der Waals surface area contributed by atoms with Crippen LogP contribution in [0.3, 0.4) is 0 Å². The molecule has 4 atom stereocenters. The van der Waals surface area contributed by atoms with Gasteiger partial charge in [0.2, 0.25) is 0 Å². The Bertz CT molecular complexity index is 1480. The highest BCUT2D eigenvalue weighted by molar-refractivity contribution is 4.79. The van der Waals surface area contributed by atoms with Crippen molar-refractivity contribution in [2.45, 2.75) is 391 Å². The monoisotopic (exact) mass is 1310 g/mol. The van der Waals surface area contributed by atoms with Crippen LogP contribution in [0.2, 0.25) is 0 Å². The molecule has 8 nitrogen and oxygen atoms in total. The van der Waals surface area contributed by atoms with Gasteiger partial charge in [0.15, 0.2) is 6.29 Å². The zero-order chi connectivity index (χ0) is 69.9. The number of rotatable bonds is 9. The van der Waals surface area contributed by atoms with Gasteiger partial charge in [-0.15, -0.1) is 0 Å². The fourth-order valence-corrected chi connectivity index (χ4v) is 14.3. The van der Waals surface area contributed by atoms with Crippen molar-refractivity contribution in [3.05, 3.63) is 0 Å². The highest BCUT2D eigenvalue weighted by Gasteiger charge is 2.29. The second-order valence-corrected chi connectivity index (χ2v) is 41.2. The van der Waals surface area contributed by atoms with E-state index in [2.05, 4.69) is 187 Å². The van der Waals surface area contributed by atoms with E-state index < -0.39 is 0 Å². The largest absolute Gasteiger partial charge is 0.381 e. The van der Waals surface area contributed by atoms with Crippen molar-refractivity contribution in [1.82, 2.24) is 0 Å². The Hall–Kier alpha value is -0.320. The van der Waals surface area contributed by atoms with Gasteiger partial charge in [-0.05, 0) is 201 Å². The summed E-state index contributed by atoms with van der Waals surface area (Å²) in [6.45, 7) is 72.5. The van der Waals surface area contributed by atoms with Crippen LogP contribution in [0.5, 0.6) is 0 Å². The average Bonchev–Trinajstić information content (AvgIpc) is 2.74. The predicted molar refractivity (Wildman–Crippen MR) is 399 cm³/mol. The summed E-state index contributed by atoms with van der Waals surface area (Å²) < 4.78 is 43.4. The van der Waals surface area contributed by atoms with Crippen molar-refractivity contribution in [1.29, 1.82) is 0 Å². The number of hydrogen-bond acceptors (Lipinski definition) is 8. The molecule has 0 aromatic heterocycles. The molecule has 0 spiro atoms. The van der Waals surface area contributed by atoms with Crippen LogP contribution >= 0.6 is 0 Å². The van der Waals surface area contributed by atoms with Crippen LogP contribution in [0.15, 0.2) is 0 Å². The first-order valence-electron chi connectivity index (χ1n) is 39.0. The molecule has 0 aromatic carbocycles. The molecule has 2 aliphatic carbocycles. The van der Waals surface area contributed by atoms with E-state index in [1.165, 1.54) is 167 Å². The molecule has 9 rings (SSSR count). The smallest absolute Gasteiger partial charge is 0.158 e. The highest BCUT2D eigenvalue weighted by atomic mass is 16.7. The molecular formula is C84H168O8. The van der Waals surface area contributed by atoms with Crippen molar-refractivity contribution in [3.8, 4) is 0 Å². The lowest BCUT2D eigenvalue weighted by molar-refractivity contribution is -0.190. The fourth-order valence-electron chi connectivity index (χ4n) is 14.3. The molecule has 0 bridgehead atoms. The first kappa shape index (κ1) is 89.7. The standard InChI is InChI=1S/3C10H20O.C10H20.C9H18O2.2C9H18O.C9H18.C8H16O/c1-10(2,3)8-9-4-6-11-7-5-9;1-10(2,3)7-9-5-4-6-11-8-9;1-10(2,3)8-9-6-4-5-7-11-9;1-10(2,3)8-9-6-4-5-7-9;1-9(2,3)7-8-10-5-4-6-11-8;2*1-9(2,3)7-8-5-4-6-10-8;1-9(2,3)7-8-5-4-6-8;1-8(2,3)4-7-5-9-6-7/h3*9H,4-8H2,1-3H3;9H,4-8H2,1-3H3;8H,4-7H2,1-3H3;2*8H,4-7H2,1-3H3;8H,4-7H2,1-3H3;7H,4-6H2,1-3H3. The third kappa shape index (κ3) is 58.6. The first-order valence-corrected chi connectivity index (χ1v) is 39.0. The molecule has 0 amide bonds. The van der Waals surface area contributed by atoms with Crippen molar-refractivity contribution >= 4 is 0 Å². The molecule has 9 aliphatic rings. The molecule has 552 valence electrons. The summed E-state index contributed by atoms with van der Waals surface area (Å²) in [5.41, 5.74) is 4.23. The van der Waals surface area contributed by atoms with Gasteiger partial charge in [-0.3, -0.25) is 0 Å². The van der Waals surface area contributed by atoms with Gasteiger partial charge in [-0.25, -0.2) is 0 Å². The zero-order valence-electron chi connectivity index (χ0n) is 67.5. The Morgan fingerprint density at radius 2 is 0.478 bits per heavy atom. The van der Waals surface area contributed by atoms with E-state index in [4.69, 9.17) is 37.9 Å². The molecule has 8 heteroatoms. The lowest BCUT2D eigenvalue weighted by Crippen LogP contribution is -2.31. The van der Waals surface area contributed by atoms with Crippen LogP contribution < -0.4 is 0 Å². The van der Waals surface area contributed by atoms with Gasteiger partial charge in [0, 0.05) is 58.6 Å². The Labute approximate surface area is 577 Å². The fraction of sp³-hybridized carbons (Fsp3) is 1.00. The lowest BCUT2D eigenvalue weighted by Gasteiger charge is -2.31. The van der Waals surface area contributed by atoms with E-state index in [-0.39, 0.29) is 6.29 Å². The van der Waals surface area contributed by atoms with Crippen LogP contribution in [0, 0.1) is 78.3 Å². The molecule has 2 saturated carbocycles. The molecule has 0 aromatic rings. The summed E-state index contributed by atoms with van der Waals surface area (Å²) in [6, 6.07) is 0. The zero-order valence-corrected chi connectivity index (χ0v) is 67.5. The highest BCUT2D eigenvalue weighted by Crippen LogP contribution is 2.38. The topological polar surface area (TPSA) is 73.8 Å². The second kappa shape index (κ2) is 44.7. The number of ether oxygens (including phenoxy) is 8. The first-order chi connectivity index (χ1) is 42.2. The van der Waals surface area contributed by atoms with Crippen LogP contribution in [0.25, 0.3) is 0 Å². The molecular weight excluding hydrogens is 1140 g/mol. The second-order valence-electron chi connectivity index (χ2n) is 41.2. The van der Waals surface area contributed by atoms with Crippen LogP contribution in [0.4, 0.5) is 0 Å². The van der Waals surface area contributed by atoms with Crippen LogP contribution in [0.1, 0.15) is 367 Å². The van der Waals surface area contributed by atoms with E-state index in [0.717, 1.165) is 115 Å². The summed E-state index contributed by atoms with van der Waals surface area (Å²) in [5.74, 6) is 4.72. The van der Waals surface area contributed by atoms with Gasteiger partial charge < -0.3 is 37.9 Å². The maximum Gasteiger partial charge on any atom is 0.158 e. The quantitative estimate of drug-likeness (QED) is 0.226. The normalized spacial score (nSPS) is 24.3. The third-order valence-electron chi connectivity index (χ3n) is 18.0. The van der Waals surface area contributed by atoms with Gasteiger partial charge in [0.1, 0.15) is 0 Å². The van der Waals surface area contributed by atoms with Crippen LogP contribution in [-0.4, -0.2) is 97.3 Å². The SMILES string of the molecule is CC(C)(C)CC1CCC1.CC(C)(C)CC1CCCC1.CC(C)(C)CC1CCCCO1.CC(C)(C)CC1CCCO1.CC(C)(C)CC1CCCO1.CC(C)(C)CC1CCCOC1.CC(C)(C)CC1CCOCC1.CC(C)(C)CC1COC1.CC(C)(C)CC1OCCCO1. The summed E-state index contributed by atoms with van der Waals surface area (Å²) in [7, 11) is 0. The minimum atomic E-state index is 0.0451.